The number of halogens is 1. The number of aromatic nitrogens is 1. The van der Waals surface area contributed by atoms with Crippen LogP contribution in [0.2, 0.25) is 5.02 Å². The van der Waals surface area contributed by atoms with Crippen LogP contribution >= 0.6 is 11.6 Å². The third-order valence-electron chi connectivity index (χ3n) is 4.88. The fraction of sp³-hybridized carbons (Fsp3) is 0.0870. The van der Waals surface area contributed by atoms with Crippen molar-refractivity contribution in [1.29, 1.82) is 0 Å². The number of nitrogens with one attached hydrogen (secondary N) is 2. The zero-order valence-electron chi connectivity index (χ0n) is 15.7. The molecule has 3 aromatic carbocycles. The number of hydrogen-bond acceptors (Lipinski definition) is 3. The molecule has 1 heterocycles. The molecule has 30 heavy (non-hydrogen) atoms. The standard InChI is InChI=1S/C23H17ClN2O4/c24-18-9-16-11-19(23(29)30)22(28)26-21(16)17(10-18)12-25-20(27)8-13-5-6-14-3-1-2-4-15(14)7-13/h1-7,9-11H,8,12H2,(H,25,27)(H,26,28)(H,29,30). The lowest BCUT2D eigenvalue weighted by molar-refractivity contribution is -0.120. The van der Waals surface area contributed by atoms with Crippen LogP contribution < -0.4 is 10.9 Å². The smallest absolute Gasteiger partial charge is 0.341 e. The molecule has 0 saturated heterocycles. The van der Waals surface area contributed by atoms with Gasteiger partial charge >= 0.3 is 5.97 Å². The molecule has 6 nitrogen and oxygen atoms in total. The second kappa shape index (κ2) is 8.00. The van der Waals surface area contributed by atoms with Gasteiger partial charge in [0.2, 0.25) is 5.91 Å². The summed E-state index contributed by atoms with van der Waals surface area (Å²) in [6.45, 7) is 0.145. The SMILES string of the molecule is O=C(Cc1ccc2ccccc2c1)NCc1cc(Cl)cc2cc(C(=O)O)c(=O)[nH]c12. The summed E-state index contributed by atoms with van der Waals surface area (Å²) in [4.78, 5) is 38.3. The third-order valence-corrected chi connectivity index (χ3v) is 5.10. The molecule has 0 aliphatic carbocycles. The zero-order chi connectivity index (χ0) is 21.3. The van der Waals surface area contributed by atoms with E-state index in [-0.39, 0.29) is 24.4 Å². The number of aromatic carboxylic acids is 1. The first-order valence-electron chi connectivity index (χ1n) is 9.24. The normalized spacial score (nSPS) is 11.0. The number of carboxylic acid groups (broad SMARTS) is 1. The van der Waals surface area contributed by atoms with Gasteiger partial charge in [-0.1, -0.05) is 54.1 Å². The number of carbonyl (C=O) groups excluding carboxylic acids is 1. The van der Waals surface area contributed by atoms with Gasteiger partial charge in [0.05, 0.1) is 11.9 Å². The first kappa shape index (κ1) is 19.7. The number of amides is 1. The fourth-order valence-corrected chi connectivity index (χ4v) is 3.69. The van der Waals surface area contributed by atoms with Crippen molar-refractivity contribution in [3.63, 3.8) is 0 Å². The first-order chi connectivity index (χ1) is 14.4. The number of benzene rings is 3. The fourth-order valence-electron chi connectivity index (χ4n) is 3.44. The number of fused-ring (bicyclic) bond motifs is 2. The molecule has 7 heteroatoms. The summed E-state index contributed by atoms with van der Waals surface area (Å²) < 4.78 is 0. The lowest BCUT2D eigenvalue weighted by atomic mass is 10.0. The molecule has 150 valence electrons. The van der Waals surface area contributed by atoms with Crippen molar-refractivity contribution in [3.05, 3.63) is 92.7 Å². The molecule has 1 aromatic heterocycles. The average Bonchev–Trinajstić information content (AvgIpc) is 2.71. The summed E-state index contributed by atoms with van der Waals surface area (Å²) in [7, 11) is 0. The van der Waals surface area contributed by atoms with E-state index < -0.39 is 11.5 Å². The summed E-state index contributed by atoms with van der Waals surface area (Å²) in [5.41, 5.74) is 0.859. The molecule has 0 aliphatic rings. The Kier molecular flexibility index (Phi) is 5.25. The van der Waals surface area contributed by atoms with Crippen LogP contribution in [0, 0.1) is 0 Å². The Morgan fingerprint density at radius 1 is 0.967 bits per heavy atom. The maximum absolute atomic E-state index is 12.5. The van der Waals surface area contributed by atoms with Gasteiger partial charge in [0, 0.05) is 17.0 Å². The van der Waals surface area contributed by atoms with Gasteiger partial charge in [0.1, 0.15) is 5.56 Å². The Morgan fingerprint density at radius 3 is 2.50 bits per heavy atom. The lowest BCUT2D eigenvalue weighted by Crippen LogP contribution is -2.25. The van der Waals surface area contributed by atoms with Gasteiger partial charge in [0.25, 0.3) is 5.56 Å². The van der Waals surface area contributed by atoms with E-state index in [1.165, 1.54) is 6.07 Å². The van der Waals surface area contributed by atoms with E-state index in [4.69, 9.17) is 16.7 Å². The van der Waals surface area contributed by atoms with Crippen LogP contribution in [0.1, 0.15) is 21.5 Å². The van der Waals surface area contributed by atoms with Crippen molar-refractivity contribution < 1.29 is 14.7 Å². The predicted molar refractivity (Wildman–Crippen MR) is 116 cm³/mol. The van der Waals surface area contributed by atoms with E-state index in [2.05, 4.69) is 10.3 Å². The van der Waals surface area contributed by atoms with Gasteiger partial charge in [-0.15, -0.1) is 0 Å². The van der Waals surface area contributed by atoms with Gasteiger partial charge in [0.15, 0.2) is 0 Å². The Labute approximate surface area is 176 Å². The van der Waals surface area contributed by atoms with Crippen LogP contribution in [0.25, 0.3) is 21.7 Å². The van der Waals surface area contributed by atoms with Crippen LogP contribution in [0.4, 0.5) is 0 Å². The summed E-state index contributed by atoms with van der Waals surface area (Å²) >= 11 is 6.14. The van der Waals surface area contributed by atoms with Crippen LogP contribution in [-0.2, 0) is 17.8 Å². The Bertz CT molecular complexity index is 1360. The minimum absolute atomic E-state index is 0.145. The molecule has 0 atom stereocenters. The monoisotopic (exact) mass is 420 g/mol. The summed E-state index contributed by atoms with van der Waals surface area (Å²) in [5, 5.41) is 15.0. The third kappa shape index (κ3) is 4.04. The van der Waals surface area contributed by atoms with E-state index in [0.29, 0.717) is 21.5 Å². The highest BCUT2D eigenvalue weighted by molar-refractivity contribution is 6.31. The summed E-state index contributed by atoms with van der Waals surface area (Å²) in [6, 6.07) is 18.3. The molecular formula is C23H17ClN2O4. The highest BCUT2D eigenvalue weighted by Gasteiger charge is 2.13. The number of aromatic amines is 1. The molecule has 3 N–H and O–H groups in total. The molecule has 0 bridgehead atoms. The van der Waals surface area contributed by atoms with Crippen molar-refractivity contribution in [2.24, 2.45) is 0 Å². The van der Waals surface area contributed by atoms with Gasteiger partial charge in [-0.25, -0.2) is 4.79 Å². The average molecular weight is 421 g/mol. The van der Waals surface area contributed by atoms with Gasteiger partial charge < -0.3 is 15.4 Å². The maximum atomic E-state index is 12.5. The summed E-state index contributed by atoms with van der Waals surface area (Å²) in [6.07, 6.45) is 0.211. The zero-order valence-corrected chi connectivity index (χ0v) is 16.5. The number of rotatable bonds is 5. The highest BCUT2D eigenvalue weighted by atomic mass is 35.5. The second-order valence-corrected chi connectivity index (χ2v) is 7.42. The maximum Gasteiger partial charge on any atom is 0.341 e. The highest BCUT2D eigenvalue weighted by Crippen LogP contribution is 2.22. The molecule has 0 spiro atoms. The van der Waals surface area contributed by atoms with Crippen molar-refractivity contribution >= 4 is 45.2 Å². The van der Waals surface area contributed by atoms with E-state index in [1.54, 1.807) is 12.1 Å². The van der Waals surface area contributed by atoms with Crippen molar-refractivity contribution in [2.75, 3.05) is 0 Å². The number of carbonyl (C=O) groups is 2. The van der Waals surface area contributed by atoms with Crippen LogP contribution in [0.5, 0.6) is 0 Å². The van der Waals surface area contributed by atoms with E-state index in [9.17, 15) is 14.4 Å². The quantitative estimate of drug-likeness (QED) is 0.456. The summed E-state index contributed by atoms with van der Waals surface area (Å²) in [5.74, 6) is -1.49. The number of pyridine rings is 1. The van der Waals surface area contributed by atoms with Crippen LogP contribution in [0.3, 0.4) is 0 Å². The van der Waals surface area contributed by atoms with Gasteiger partial charge in [-0.3, -0.25) is 9.59 Å². The van der Waals surface area contributed by atoms with Gasteiger partial charge in [-0.2, -0.15) is 0 Å². The van der Waals surface area contributed by atoms with E-state index in [0.717, 1.165) is 16.3 Å². The largest absolute Gasteiger partial charge is 0.477 e. The molecular weight excluding hydrogens is 404 g/mol. The van der Waals surface area contributed by atoms with Crippen LogP contribution in [-0.4, -0.2) is 22.0 Å². The van der Waals surface area contributed by atoms with Crippen molar-refractivity contribution in [1.82, 2.24) is 10.3 Å². The van der Waals surface area contributed by atoms with Crippen molar-refractivity contribution in [3.8, 4) is 0 Å². The Hall–Kier alpha value is -3.64. The lowest BCUT2D eigenvalue weighted by Gasteiger charge is -2.10. The first-order valence-corrected chi connectivity index (χ1v) is 9.61. The van der Waals surface area contributed by atoms with E-state index >= 15 is 0 Å². The number of H-pyrrole nitrogens is 1. The van der Waals surface area contributed by atoms with Gasteiger partial charge in [-0.05, 0) is 40.1 Å². The van der Waals surface area contributed by atoms with Crippen LogP contribution in [0.15, 0.2) is 65.5 Å². The predicted octanol–water partition coefficient (Wildman–Crippen LogP) is 3.89. The molecule has 4 aromatic rings. The second-order valence-electron chi connectivity index (χ2n) is 6.98. The number of carboxylic acids is 1. The number of hydrogen-bond donors (Lipinski definition) is 3. The molecule has 0 saturated carbocycles. The molecule has 4 rings (SSSR count). The Morgan fingerprint density at radius 2 is 1.73 bits per heavy atom. The minimum atomic E-state index is -1.32. The van der Waals surface area contributed by atoms with Crippen molar-refractivity contribution in [2.45, 2.75) is 13.0 Å². The molecule has 0 radical (unpaired) electrons. The topological polar surface area (TPSA) is 99.3 Å². The molecule has 0 unspecified atom stereocenters. The van der Waals surface area contributed by atoms with E-state index in [1.807, 2.05) is 42.5 Å². The Balaban J connectivity index is 1.55. The molecule has 0 fully saturated rings. The molecule has 1 amide bonds. The minimum Gasteiger partial charge on any atom is -0.477 e. The molecule has 0 aliphatic heterocycles.